The van der Waals surface area contributed by atoms with E-state index < -0.39 is 0 Å². The molecule has 0 spiro atoms. The Labute approximate surface area is 63.5 Å². The van der Waals surface area contributed by atoms with Crippen molar-refractivity contribution in [3.8, 4) is 0 Å². The Kier molecular flexibility index (Phi) is 8.73. The average Bonchev–Trinajstić information content (AvgIpc) is 2.03. The van der Waals surface area contributed by atoms with Crippen LogP contribution in [-0.4, -0.2) is 38.2 Å². The summed E-state index contributed by atoms with van der Waals surface area (Å²) in [5.41, 5.74) is 0. The Morgan fingerprint density at radius 3 is 2.55 bits per heavy atom. The van der Waals surface area contributed by atoms with Crippen molar-refractivity contribution in [2.75, 3.05) is 26.4 Å². The molecule has 0 heterocycles. The van der Waals surface area contributed by atoms with Crippen molar-refractivity contribution < 1.29 is 29.5 Å². The third-order valence-electron chi connectivity index (χ3n) is 0.777. The number of hydrogen-bond acceptors (Lipinski definition) is 6. The Bertz CT molecular complexity index is 85.0. The van der Waals surface area contributed by atoms with Crippen LogP contribution in [0.3, 0.4) is 0 Å². The van der Waals surface area contributed by atoms with Crippen LogP contribution in [0.2, 0.25) is 0 Å². The molecule has 6 heteroatoms. The summed E-state index contributed by atoms with van der Waals surface area (Å²) in [5.74, 6) is 0. The van der Waals surface area contributed by atoms with Gasteiger partial charge >= 0.3 is 0 Å². The van der Waals surface area contributed by atoms with Crippen LogP contribution < -0.4 is 0 Å². The van der Waals surface area contributed by atoms with Crippen LogP contribution in [0.25, 0.3) is 0 Å². The van der Waals surface area contributed by atoms with Gasteiger partial charge in [-0.3, -0.25) is 4.79 Å². The minimum absolute atomic E-state index is 0.123. The van der Waals surface area contributed by atoms with Gasteiger partial charge in [0, 0.05) is 0 Å². The standard InChI is InChI=1S/C5H10O6/c6-5-9-2-1-8-3-4-10-11-7/h5,7H,1-4H2. The van der Waals surface area contributed by atoms with E-state index in [1.165, 1.54) is 0 Å². The predicted molar refractivity (Wildman–Crippen MR) is 32.5 cm³/mol. The summed E-state index contributed by atoms with van der Waals surface area (Å²) in [6.07, 6.45) is 0. The highest BCUT2D eigenvalue weighted by Crippen LogP contribution is 1.78. The van der Waals surface area contributed by atoms with E-state index in [2.05, 4.69) is 14.7 Å². The van der Waals surface area contributed by atoms with Crippen LogP contribution in [0.5, 0.6) is 0 Å². The molecule has 0 bridgehead atoms. The maximum Gasteiger partial charge on any atom is 0.293 e. The van der Waals surface area contributed by atoms with Gasteiger partial charge in [0.25, 0.3) is 6.47 Å². The molecule has 0 fully saturated rings. The first kappa shape index (κ1) is 10.3. The zero-order valence-electron chi connectivity index (χ0n) is 5.89. The van der Waals surface area contributed by atoms with E-state index in [4.69, 9.17) is 9.99 Å². The highest BCUT2D eigenvalue weighted by atomic mass is 17.5. The monoisotopic (exact) mass is 166 g/mol. The molecule has 0 aromatic heterocycles. The van der Waals surface area contributed by atoms with Crippen molar-refractivity contribution in [3.63, 3.8) is 0 Å². The quantitative estimate of drug-likeness (QED) is 0.229. The molecule has 0 aliphatic heterocycles. The first-order chi connectivity index (χ1) is 5.41. The van der Waals surface area contributed by atoms with Gasteiger partial charge in [-0.15, -0.1) is 0 Å². The normalized spacial score (nSPS) is 9.55. The third-order valence-corrected chi connectivity index (χ3v) is 0.777. The molecule has 0 aromatic rings. The van der Waals surface area contributed by atoms with Gasteiger partial charge in [-0.2, -0.15) is 0 Å². The number of carbonyl (C=O) groups is 1. The maximum absolute atomic E-state index is 9.58. The molecule has 1 N–H and O–H groups in total. The van der Waals surface area contributed by atoms with Gasteiger partial charge in [0.1, 0.15) is 13.2 Å². The Morgan fingerprint density at radius 2 is 1.91 bits per heavy atom. The summed E-state index contributed by atoms with van der Waals surface area (Å²) in [7, 11) is 0. The first-order valence-electron chi connectivity index (χ1n) is 2.98. The first-order valence-corrected chi connectivity index (χ1v) is 2.98. The summed E-state index contributed by atoms with van der Waals surface area (Å²) in [4.78, 5) is 13.6. The number of ether oxygens (including phenoxy) is 2. The van der Waals surface area contributed by atoms with E-state index >= 15 is 0 Å². The van der Waals surface area contributed by atoms with Gasteiger partial charge in [0.2, 0.25) is 0 Å². The lowest BCUT2D eigenvalue weighted by Crippen LogP contribution is -2.08. The zero-order chi connectivity index (χ0) is 8.36. The van der Waals surface area contributed by atoms with Crippen molar-refractivity contribution in [1.29, 1.82) is 0 Å². The minimum atomic E-state index is 0.123. The molecule has 0 saturated carbocycles. The minimum Gasteiger partial charge on any atom is -0.465 e. The summed E-state index contributed by atoms with van der Waals surface area (Å²) in [6.45, 7) is 1.24. The Balaban J connectivity index is 2.74. The molecule has 0 unspecified atom stereocenters. The lowest BCUT2D eigenvalue weighted by atomic mass is 10.7. The van der Waals surface area contributed by atoms with Crippen molar-refractivity contribution in [1.82, 2.24) is 0 Å². The van der Waals surface area contributed by atoms with Crippen LogP contribution in [0, 0.1) is 0 Å². The van der Waals surface area contributed by atoms with Crippen LogP contribution in [0.4, 0.5) is 0 Å². The van der Waals surface area contributed by atoms with Crippen LogP contribution >= 0.6 is 0 Å². The summed E-state index contributed by atoms with van der Waals surface area (Å²) in [5, 5.41) is 11.0. The molecule has 11 heavy (non-hydrogen) atoms. The number of rotatable bonds is 8. The van der Waals surface area contributed by atoms with Gasteiger partial charge in [-0.25, -0.2) is 10.1 Å². The molecule has 6 nitrogen and oxygen atoms in total. The van der Waals surface area contributed by atoms with E-state index in [0.29, 0.717) is 13.1 Å². The largest absolute Gasteiger partial charge is 0.465 e. The van der Waals surface area contributed by atoms with Crippen LogP contribution in [-0.2, 0) is 24.2 Å². The van der Waals surface area contributed by atoms with E-state index in [9.17, 15) is 4.79 Å². The smallest absolute Gasteiger partial charge is 0.293 e. The van der Waals surface area contributed by atoms with E-state index in [1.807, 2.05) is 0 Å². The van der Waals surface area contributed by atoms with E-state index in [0.717, 1.165) is 0 Å². The SMILES string of the molecule is O=COCCOCCOOO. The van der Waals surface area contributed by atoms with Gasteiger partial charge in [0.05, 0.1) is 13.2 Å². The maximum atomic E-state index is 9.58. The Hall–Kier alpha value is -0.690. The van der Waals surface area contributed by atoms with Gasteiger partial charge in [-0.05, 0) is 0 Å². The number of hydrogen-bond donors (Lipinski definition) is 1. The lowest BCUT2D eigenvalue weighted by molar-refractivity contribution is -0.491. The molecule has 0 aromatic carbocycles. The van der Waals surface area contributed by atoms with Crippen molar-refractivity contribution in [2.24, 2.45) is 0 Å². The predicted octanol–water partition coefficient (Wildman–Crippen LogP) is -0.403. The summed E-state index contributed by atoms with van der Waals surface area (Å²) in [6, 6.07) is 0. The van der Waals surface area contributed by atoms with Crippen LogP contribution in [0.15, 0.2) is 0 Å². The van der Waals surface area contributed by atoms with Gasteiger partial charge in [0.15, 0.2) is 0 Å². The zero-order valence-corrected chi connectivity index (χ0v) is 5.89. The lowest BCUT2D eigenvalue weighted by Gasteiger charge is -2.00. The van der Waals surface area contributed by atoms with Gasteiger partial charge in [-0.1, -0.05) is 5.04 Å². The molecule has 0 atom stereocenters. The second-order valence-electron chi connectivity index (χ2n) is 1.48. The van der Waals surface area contributed by atoms with E-state index in [1.54, 1.807) is 0 Å². The fourth-order valence-corrected chi connectivity index (χ4v) is 0.387. The molecule has 0 amide bonds. The van der Waals surface area contributed by atoms with Crippen LogP contribution in [0.1, 0.15) is 0 Å². The molecule has 0 aliphatic rings. The molecular weight excluding hydrogens is 156 g/mol. The highest BCUT2D eigenvalue weighted by Gasteiger charge is 1.88. The highest BCUT2D eigenvalue weighted by molar-refractivity contribution is 5.36. The van der Waals surface area contributed by atoms with Crippen molar-refractivity contribution in [2.45, 2.75) is 0 Å². The van der Waals surface area contributed by atoms with Crippen molar-refractivity contribution >= 4 is 6.47 Å². The molecule has 0 saturated heterocycles. The second kappa shape index (κ2) is 9.31. The topological polar surface area (TPSA) is 74.2 Å². The molecule has 0 radical (unpaired) electrons. The molecule has 66 valence electrons. The average molecular weight is 166 g/mol. The fraction of sp³-hybridized carbons (Fsp3) is 0.800. The molecular formula is C5H10O6. The molecule has 0 aliphatic carbocycles. The third kappa shape index (κ3) is 9.31. The Morgan fingerprint density at radius 1 is 1.18 bits per heavy atom. The molecule has 0 rings (SSSR count). The van der Waals surface area contributed by atoms with Gasteiger partial charge < -0.3 is 9.47 Å². The second-order valence-corrected chi connectivity index (χ2v) is 1.48. The summed E-state index contributed by atoms with van der Waals surface area (Å²) < 4.78 is 9.15. The summed E-state index contributed by atoms with van der Waals surface area (Å²) >= 11 is 0. The number of carbonyl (C=O) groups excluding carboxylic acids is 1. The fourth-order valence-electron chi connectivity index (χ4n) is 0.387. The van der Waals surface area contributed by atoms with Crippen molar-refractivity contribution in [3.05, 3.63) is 0 Å². The van der Waals surface area contributed by atoms with E-state index in [-0.39, 0.29) is 19.8 Å².